The van der Waals surface area contributed by atoms with E-state index in [9.17, 15) is 8.42 Å². The number of sulfonamides is 1. The molecule has 0 spiro atoms. The van der Waals surface area contributed by atoms with Gasteiger partial charge in [-0.15, -0.1) is 0 Å². The second kappa shape index (κ2) is 7.42. The highest BCUT2D eigenvalue weighted by Crippen LogP contribution is 2.39. The van der Waals surface area contributed by atoms with Crippen LogP contribution in [0.4, 0.5) is 17.1 Å². The molecule has 5 aromatic rings. The van der Waals surface area contributed by atoms with Crippen LogP contribution in [-0.4, -0.2) is 31.8 Å². The van der Waals surface area contributed by atoms with Crippen LogP contribution in [0.5, 0.6) is 5.75 Å². The van der Waals surface area contributed by atoms with E-state index in [1.807, 2.05) is 37.3 Å². The number of hydrogen-bond donors (Lipinski definition) is 3. The number of fused-ring (bicyclic) bond motifs is 4. The molecule has 2 heterocycles. The number of rotatable bonds is 5. The van der Waals surface area contributed by atoms with Gasteiger partial charge in [0.25, 0.3) is 0 Å². The molecule has 0 aliphatic carbocycles. The Morgan fingerprint density at radius 1 is 1.00 bits per heavy atom. The Labute approximate surface area is 185 Å². The quantitative estimate of drug-likeness (QED) is 0.340. The Kier molecular flexibility index (Phi) is 4.67. The van der Waals surface area contributed by atoms with Gasteiger partial charge >= 0.3 is 0 Å². The van der Waals surface area contributed by atoms with Crippen LogP contribution in [0.1, 0.15) is 5.56 Å². The molecule has 0 fully saturated rings. The SMILES string of the molecule is COc1cc(NS(C)(=O)=O)ccc1Nc1c2cc(C)ccc2nc2c1[nH]c1ccccc12. The second-order valence-corrected chi connectivity index (χ2v) is 9.56. The first-order chi connectivity index (χ1) is 15.3. The summed E-state index contributed by atoms with van der Waals surface area (Å²) in [6.07, 6.45) is 1.11. The molecule has 0 saturated carbocycles. The maximum Gasteiger partial charge on any atom is 0.229 e. The van der Waals surface area contributed by atoms with E-state index in [-0.39, 0.29) is 0 Å². The highest BCUT2D eigenvalue weighted by molar-refractivity contribution is 7.92. The zero-order valence-corrected chi connectivity index (χ0v) is 18.7. The lowest BCUT2D eigenvalue weighted by molar-refractivity contribution is 0.417. The minimum absolute atomic E-state index is 0.432. The van der Waals surface area contributed by atoms with Gasteiger partial charge in [-0.1, -0.05) is 29.8 Å². The number of ether oxygens (including phenoxy) is 1. The largest absolute Gasteiger partial charge is 0.494 e. The number of nitrogens with zero attached hydrogens (tertiary/aromatic N) is 1. The van der Waals surface area contributed by atoms with E-state index in [4.69, 9.17) is 9.72 Å². The van der Waals surface area contributed by atoms with Crippen molar-refractivity contribution in [2.24, 2.45) is 0 Å². The van der Waals surface area contributed by atoms with Crippen molar-refractivity contribution in [1.82, 2.24) is 9.97 Å². The third kappa shape index (κ3) is 3.58. The van der Waals surface area contributed by atoms with Gasteiger partial charge in [0.15, 0.2) is 0 Å². The minimum Gasteiger partial charge on any atom is -0.494 e. The van der Waals surface area contributed by atoms with E-state index in [2.05, 4.69) is 27.2 Å². The van der Waals surface area contributed by atoms with E-state index in [0.29, 0.717) is 17.1 Å². The first-order valence-corrected chi connectivity index (χ1v) is 12.0. The molecule has 162 valence electrons. The first-order valence-electron chi connectivity index (χ1n) is 10.1. The Morgan fingerprint density at radius 3 is 2.59 bits per heavy atom. The number of aromatic nitrogens is 2. The van der Waals surface area contributed by atoms with Crippen LogP contribution in [-0.2, 0) is 10.0 Å². The van der Waals surface area contributed by atoms with Crippen molar-refractivity contribution < 1.29 is 13.2 Å². The van der Waals surface area contributed by atoms with Gasteiger partial charge in [-0.3, -0.25) is 4.72 Å². The maximum absolute atomic E-state index is 11.6. The fraction of sp³-hybridized carbons (Fsp3) is 0.125. The minimum atomic E-state index is -3.39. The molecule has 8 heteroatoms. The van der Waals surface area contributed by atoms with Crippen LogP contribution in [0.25, 0.3) is 32.8 Å². The van der Waals surface area contributed by atoms with Gasteiger partial charge in [0.1, 0.15) is 5.75 Å². The normalized spacial score (nSPS) is 11.8. The van der Waals surface area contributed by atoms with Gasteiger partial charge in [-0.25, -0.2) is 13.4 Å². The van der Waals surface area contributed by atoms with Crippen LogP contribution in [0.15, 0.2) is 60.7 Å². The molecule has 3 aromatic carbocycles. The van der Waals surface area contributed by atoms with Crippen LogP contribution in [0, 0.1) is 6.92 Å². The molecule has 32 heavy (non-hydrogen) atoms. The number of nitrogens with one attached hydrogen (secondary N) is 3. The van der Waals surface area contributed by atoms with E-state index >= 15 is 0 Å². The average molecular weight is 447 g/mol. The van der Waals surface area contributed by atoms with Gasteiger partial charge in [-0.2, -0.15) is 0 Å². The molecule has 3 N–H and O–H groups in total. The highest BCUT2D eigenvalue weighted by atomic mass is 32.2. The summed E-state index contributed by atoms with van der Waals surface area (Å²) in [5, 5.41) is 5.54. The predicted molar refractivity (Wildman–Crippen MR) is 131 cm³/mol. The smallest absolute Gasteiger partial charge is 0.229 e. The Balaban J connectivity index is 1.73. The lowest BCUT2D eigenvalue weighted by Crippen LogP contribution is -2.09. The van der Waals surface area contributed by atoms with Crippen LogP contribution >= 0.6 is 0 Å². The molecular formula is C24H22N4O3S. The number of methoxy groups -OCH3 is 1. The molecule has 0 aliphatic rings. The molecule has 0 atom stereocenters. The summed E-state index contributed by atoms with van der Waals surface area (Å²) in [5.41, 5.74) is 6.80. The number of aryl methyl sites for hydroxylation is 1. The number of H-pyrrole nitrogens is 1. The zero-order valence-electron chi connectivity index (χ0n) is 17.9. The topological polar surface area (TPSA) is 96.1 Å². The molecular weight excluding hydrogens is 424 g/mol. The summed E-state index contributed by atoms with van der Waals surface area (Å²) >= 11 is 0. The molecule has 0 radical (unpaired) electrons. The molecule has 7 nitrogen and oxygen atoms in total. The van der Waals surface area contributed by atoms with E-state index < -0.39 is 10.0 Å². The van der Waals surface area contributed by atoms with Crippen molar-refractivity contribution in [3.05, 3.63) is 66.2 Å². The highest BCUT2D eigenvalue weighted by Gasteiger charge is 2.16. The van der Waals surface area contributed by atoms with Crippen LogP contribution in [0.2, 0.25) is 0 Å². The summed E-state index contributed by atoms with van der Waals surface area (Å²) in [6.45, 7) is 2.05. The molecule has 5 rings (SSSR count). The Bertz CT molecular complexity index is 1610. The zero-order chi connectivity index (χ0) is 22.5. The number of hydrogen-bond acceptors (Lipinski definition) is 5. The predicted octanol–water partition coefficient (Wildman–Crippen LogP) is 5.30. The third-order valence-electron chi connectivity index (χ3n) is 5.35. The molecule has 0 unspecified atom stereocenters. The fourth-order valence-electron chi connectivity index (χ4n) is 3.96. The fourth-order valence-corrected chi connectivity index (χ4v) is 4.52. The van der Waals surface area contributed by atoms with Crippen LogP contribution in [0.3, 0.4) is 0 Å². The lowest BCUT2D eigenvalue weighted by atomic mass is 10.1. The lowest BCUT2D eigenvalue weighted by Gasteiger charge is -2.16. The van der Waals surface area contributed by atoms with Gasteiger partial charge in [0.2, 0.25) is 10.0 Å². The van der Waals surface area contributed by atoms with Gasteiger partial charge in [-0.05, 0) is 37.3 Å². The van der Waals surface area contributed by atoms with E-state index in [1.165, 1.54) is 0 Å². The number of aromatic amines is 1. The maximum atomic E-state index is 11.6. The molecule has 0 bridgehead atoms. The van der Waals surface area contributed by atoms with E-state index in [0.717, 1.165) is 50.3 Å². The summed E-state index contributed by atoms with van der Waals surface area (Å²) in [4.78, 5) is 8.43. The standard InChI is InChI=1S/C24H22N4O3S/c1-14-8-10-19-17(12-14)23(24-22(25-19)16-6-4-5-7-18(16)26-24)27-20-11-9-15(13-21(20)31-2)28-32(3,29)30/h4-13,26,28H,1-3H3,(H,25,27). The number of pyridine rings is 1. The van der Waals surface area contributed by atoms with Crippen molar-refractivity contribution in [2.75, 3.05) is 23.4 Å². The Hall–Kier alpha value is -3.78. The Morgan fingerprint density at radius 2 is 1.81 bits per heavy atom. The summed E-state index contributed by atoms with van der Waals surface area (Å²) in [5.74, 6) is 0.514. The van der Waals surface area contributed by atoms with Crippen molar-refractivity contribution in [1.29, 1.82) is 0 Å². The summed E-state index contributed by atoms with van der Waals surface area (Å²) in [7, 11) is -1.84. The molecule has 0 aliphatic heterocycles. The van der Waals surface area contributed by atoms with Crippen molar-refractivity contribution >= 4 is 59.9 Å². The summed E-state index contributed by atoms with van der Waals surface area (Å²) in [6, 6.07) is 19.4. The summed E-state index contributed by atoms with van der Waals surface area (Å²) < 4.78 is 31.3. The molecule has 0 amide bonds. The molecule has 2 aromatic heterocycles. The number of anilines is 3. The van der Waals surface area contributed by atoms with Crippen molar-refractivity contribution in [3.8, 4) is 5.75 Å². The monoisotopic (exact) mass is 446 g/mol. The van der Waals surface area contributed by atoms with Gasteiger partial charge in [0, 0.05) is 22.4 Å². The van der Waals surface area contributed by atoms with Crippen molar-refractivity contribution in [3.63, 3.8) is 0 Å². The first kappa shape index (κ1) is 20.1. The second-order valence-electron chi connectivity index (χ2n) is 7.82. The van der Waals surface area contributed by atoms with Crippen molar-refractivity contribution in [2.45, 2.75) is 6.92 Å². The van der Waals surface area contributed by atoms with Gasteiger partial charge in [0.05, 0.1) is 47.0 Å². The van der Waals surface area contributed by atoms with Crippen LogP contribution < -0.4 is 14.8 Å². The number of benzene rings is 3. The molecule has 0 saturated heterocycles. The number of para-hydroxylation sites is 1. The average Bonchev–Trinajstić information content (AvgIpc) is 3.12. The van der Waals surface area contributed by atoms with Gasteiger partial charge < -0.3 is 15.0 Å². The third-order valence-corrected chi connectivity index (χ3v) is 5.95. The van der Waals surface area contributed by atoms with E-state index in [1.54, 1.807) is 25.3 Å².